The normalized spacial score (nSPS) is 14.7. The molecule has 0 aromatic carbocycles. The Labute approximate surface area is 314 Å². The lowest BCUT2D eigenvalue weighted by Crippen LogP contribution is -2.43. The van der Waals surface area contributed by atoms with Crippen LogP contribution in [-0.2, 0) is 0 Å². The molecule has 0 spiro atoms. The van der Waals surface area contributed by atoms with Gasteiger partial charge < -0.3 is 33.7 Å². The van der Waals surface area contributed by atoms with E-state index in [9.17, 15) is 9.59 Å². The van der Waals surface area contributed by atoms with Gasteiger partial charge in [-0.25, -0.2) is 24.1 Å². The van der Waals surface area contributed by atoms with Gasteiger partial charge in [-0.15, -0.1) is 12.4 Å². The van der Waals surface area contributed by atoms with Crippen LogP contribution in [0.1, 0.15) is 5.56 Å². The van der Waals surface area contributed by atoms with Gasteiger partial charge >= 0.3 is 11.3 Å². The van der Waals surface area contributed by atoms with Crippen molar-refractivity contribution in [1.29, 1.82) is 0 Å². The molecule has 2 aliphatic rings. The van der Waals surface area contributed by atoms with Crippen LogP contribution in [0, 0.1) is 6.92 Å². The van der Waals surface area contributed by atoms with Gasteiger partial charge in [0.25, 0.3) is 0 Å². The van der Waals surface area contributed by atoms with E-state index in [-0.39, 0.29) is 12.4 Å². The molecule has 54 heavy (non-hydrogen) atoms. The van der Waals surface area contributed by atoms with Crippen molar-refractivity contribution in [1.82, 2.24) is 39.6 Å². The zero-order chi connectivity index (χ0) is 35.9. The van der Waals surface area contributed by atoms with E-state index in [1.54, 1.807) is 16.8 Å². The van der Waals surface area contributed by atoms with Gasteiger partial charge in [-0.2, -0.15) is 10.1 Å². The molecule has 0 saturated carbocycles. The second-order valence-corrected chi connectivity index (χ2v) is 13.2. The monoisotopic (exact) mass is 744 g/mol. The molecule has 8 aromatic rings. The summed E-state index contributed by atoms with van der Waals surface area (Å²) >= 11 is 0. The Morgan fingerprint density at radius 3 is 2.20 bits per heavy atom. The number of nitrogens with zero attached hydrogens (tertiary/aromatic N) is 8. The highest BCUT2D eigenvalue weighted by Gasteiger charge is 2.18. The fraction of sp³-hybridized carbons (Fsp3) is 0.231. The van der Waals surface area contributed by atoms with Gasteiger partial charge in [-0.05, 0) is 67.1 Å². The van der Waals surface area contributed by atoms with Gasteiger partial charge in [-0.3, -0.25) is 0 Å². The fourth-order valence-electron chi connectivity index (χ4n) is 6.79. The molecule has 10 heterocycles. The van der Waals surface area contributed by atoms with Gasteiger partial charge in [0.2, 0.25) is 5.71 Å². The molecule has 2 saturated heterocycles. The van der Waals surface area contributed by atoms with Gasteiger partial charge in [0.1, 0.15) is 28.6 Å². The number of aromatic nitrogens is 6. The second kappa shape index (κ2) is 14.7. The molecule has 2 aliphatic heterocycles. The molecule has 8 aromatic heterocycles. The Hall–Kier alpha value is -6.09. The molecule has 0 atom stereocenters. The maximum Gasteiger partial charge on any atom is 0.347 e. The maximum atomic E-state index is 12.6. The number of nitrogens with one attached hydrogen (secondary N) is 2. The average molecular weight is 745 g/mol. The summed E-state index contributed by atoms with van der Waals surface area (Å²) in [4.78, 5) is 43.1. The Kier molecular flexibility index (Phi) is 9.54. The van der Waals surface area contributed by atoms with Crippen LogP contribution in [0.2, 0.25) is 0 Å². The van der Waals surface area contributed by atoms with E-state index in [2.05, 4.69) is 40.5 Å². The van der Waals surface area contributed by atoms with Gasteiger partial charge in [0.05, 0.1) is 22.3 Å². The van der Waals surface area contributed by atoms with Gasteiger partial charge in [0.15, 0.2) is 0 Å². The Bertz CT molecular complexity index is 2710. The first kappa shape index (κ1) is 35.0. The summed E-state index contributed by atoms with van der Waals surface area (Å²) < 4.78 is 14.8. The average Bonchev–Trinajstić information content (AvgIpc) is 3.82. The summed E-state index contributed by atoms with van der Waals surface area (Å²) in [5.74, 6) is 1.67. The van der Waals surface area contributed by atoms with Gasteiger partial charge in [0, 0.05) is 94.0 Å². The van der Waals surface area contributed by atoms with Crippen molar-refractivity contribution in [2.75, 3.05) is 62.2 Å². The largest absolute Gasteiger partial charge is 0.422 e. The molecule has 10 rings (SSSR count). The van der Waals surface area contributed by atoms with Crippen molar-refractivity contribution < 1.29 is 8.83 Å². The van der Waals surface area contributed by atoms with Crippen molar-refractivity contribution in [3.05, 3.63) is 118 Å². The highest BCUT2D eigenvalue weighted by molar-refractivity contribution is 5.85. The smallest absolute Gasteiger partial charge is 0.347 e. The zero-order valence-corrected chi connectivity index (χ0v) is 30.3. The molecule has 0 radical (unpaired) electrons. The minimum absolute atomic E-state index is 0. The maximum absolute atomic E-state index is 12.6. The Morgan fingerprint density at radius 1 is 0.704 bits per heavy atom. The molecule has 0 bridgehead atoms. The molecule has 2 fully saturated rings. The quantitative estimate of drug-likeness (QED) is 0.260. The molecule has 0 amide bonds. The molecule has 15 heteroatoms. The van der Waals surface area contributed by atoms with Crippen LogP contribution in [0.4, 0.5) is 11.6 Å². The van der Waals surface area contributed by atoms with Crippen molar-refractivity contribution in [3.63, 3.8) is 0 Å². The summed E-state index contributed by atoms with van der Waals surface area (Å²) in [7, 11) is 0. The number of rotatable bonds is 4. The van der Waals surface area contributed by atoms with Crippen LogP contribution in [0.3, 0.4) is 0 Å². The Morgan fingerprint density at radius 2 is 1.43 bits per heavy atom. The van der Waals surface area contributed by atoms with Crippen LogP contribution < -0.4 is 31.7 Å². The molecular formula is C39H37ClN10O4. The first-order valence-electron chi connectivity index (χ1n) is 17.7. The summed E-state index contributed by atoms with van der Waals surface area (Å²) in [5.41, 5.74) is 5.05. The van der Waals surface area contributed by atoms with Crippen LogP contribution in [0.15, 0.2) is 110 Å². The summed E-state index contributed by atoms with van der Waals surface area (Å²) in [6.07, 6.45) is 7.37. The number of pyridine rings is 4. The standard InChI is InChI=1S/C20H19N5O2.C19H17N5O2.ClH/c1-13-4-7-25-15(10-13)12-17(23-25)16-11-14-2-3-18(22-19(14)27-20(16)26)24-8-5-21-6-9-24;25-19-14(15-12-24-6-2-1-3-17(24)22-15)9-13-11-21-18(10-16(13)26-19)23-7-4-20-5-8-23;/h2-4,7,10-12,21H,5-6,8-9H2,1H3;1-3,6,9-12,20H,4-5,7-8H2;1H. The third-order valence-corrected chi connectivity index (χ3v) is 9.60. The molecule has 14 nitrogen and oxygen atoms in total. The molecule has 0 aliphatic carbocycles. The predicted molar refractivity (Wildman–Crippen MR) is 211 cm³/mol. The van der Waals surface area contributed by atoms with E-state index in [1.807, 2.05) is 90.6 Å². The summed E-state index contributed by atoms with van der Waals surface area (Å²) in [5, 5.41) is 12.7. The van der Waals surface area contributed by atoms with E-state index in [0.29, 0.717) is 33.8 Å². The SMILES string of the molecule is Cc1ccn2nc(-c3cc4ccc(N5CCNCC5)nc4oc3=O)cc2c1.Cl.O=c1oc2cc(N3CCNCC3)ncc2cc1-c1cn2ccccc2n1. The van der Waals surface area contributed by atoms with E-state index in [1.165, 1.54) is 0 Å². The van der Waals surface area contributed by atoms with E-state index in [4.69, 9.17) is 8.83 Å². The first-order chi connectivity index (χ1) is 25.9. The lowest BCUT2D eigenvalue weighted by molar-refractivity contribution is 0.547. The third-order valence-electron chi connectivity index (χ3n) is 9.60. The van der Waals surface area contributed by atoms with E-state index in [0.717, 1.165) is 91.5 Å². The molecular weight excluding hydrogens is 708 g/mol. The summed E-state index contributed by atoms with van der Waals surface area (Å²) in [6.45, 7) is 9.30. The molecule has 274 valence electrons. The summed E-state index contributed by atoms with van der Waals surface area (Å²) in [6, 6.07) is 21.0. The minimum Gasteiger partial charge on any atom is -0.422 e. The van der Waals surface area contributed by atoms with Gasteiger partial charge in [-0.1, -0.05) is 6.07 Å². The fourth-order valence-corrected chi connectivity index (χ4v) is 6.79. The topological polar surface area (TPSA) is 151 Å². The van der Waals surface area contributed by atoms with Crippen molar-refractivity contribution in [2.24, 2.45) is 0 Å². The lowest BCUT2D eigenvalue weighted by atomic mass is 10.1. The van der Waals surface area contributed by atoms with Crippen LogP contribution in [0.25, 0.3) is 55.7 Å². The number of hydrogen-bond acceptors (Lipinski definition) is 12. The number of imidazole rings is 1. The number of hydrogen-bond donors (Lipinski definition) is 2. The number of fused-ring (bicyclic) bond motifs is 4. The first-order valence-corrected chi connectivity index (χ1v) is 17.7. The highest BCUT2D eigenvalue weighted by Crippen LogP contribution is 2.25. The van der Waals surface area contributed by atoms with Crippen molar-refractivity contribution in [2.45, 2.75) is 6.92 Å². The number of anilines is 2. The Balaban J connectivity index is 0.000000150. The zero-order valence-electron chi connectivity index (χ0n) is 29.4. The third kappa shape index (κ3) is 6.89. The highest BCUT2D eigenvalue weighted by atomic mass is 35.5. The van der Waals surface area contributed by atoms with E-state index < -0.39 is 11.3 Å². The molecule has 2 N–H and O–H groups in total. The number of piperazine rings is 2. The second-order valence-electron chi connectivity index (χ2n) is 13.2. The van der Waals surface area contributed by atoms with Crippen molar-refractivity contribution >= 4 is 57.3 Å². The molecule has 0 unspecified atom stereocenters. The van der Waals surface area contributed by atoms with E-state index >= 15 is 0 Å². The van der Waals surface area contributed by atoms with Crippen molar-refractivity contribution in [3.8, 4) is 22.5 Å². The number of aryl methyl sites for hydroxylation is 1. The predicted octanol–water partition coefficient (Wildman–Crippen LogP) is 4.55. The van der Waals surface area contributed by atoms with Crippen LogP contribution in [0.5, 0.6) is 0 Å². The lowest BCUT2D eigenvalue weighted by Gasteiger charge is -2.28. The van der Waals surface area contributed by atoms with Crippen LogP contribution in [-0.4, -0.2) is 81.3 Å². The minimum atomic E-state index is -0.424. The van der Waals surface area contributed by atoms with Crippen LogP contribution >= 0.6 is 12.4 Å². The number of halogens is 1.